The van der Waals surface area contributed by atoms with Gasteiger partial charge in [-0.25, -0.2) is 0 Å². The average Bonchev–Trinajstić information content (AvgIpc) is 2.92. The summed E-state index contributed by atoms with van der Waals surface area (Å²) in [5, 5.41) is 0. The first-order valence-electron chi connectivity index (χ1n) is 7.51. The van der Waals surface area contributed by atoms with Crippen LogP contribution in [-0.4, -0.2) is 49.1 Å². The van der Waals surface area contributed by atoms with Crippen molar-refractivity contribution in [3.63, 3.8) is 0 Å². The molecule has 0 aromatic heterocycles. The van der Waals surface area contributed by atoms with Crippen LogP contribution in [0.15, 0.2) is 28.7 Å². The molecule has 1 heterocycles. The Kier molecular flexibility index (Phi) is 6.02. The molecule has 112 valence electrons. The van der Waals surface area contributed by atoms with Gasteiger partial charge in [0.2, 0.25) is 0 Å². The van der Waals surface area contributed by atoms with Gasteiger partial charge in [-0.2, -0.15) is 0 Å². The fraction of sp³-hybridized carbons (Fsp3) is 0.625. The van der Waals surface area contributed by atoms with E-state index >= 15 is 0 Å². The number of nitrogens with two attached hydrogens (primary N) is 1. The highest BCUT2D eigenvalue weighted by molar-refractivity contribution is 9.10. The minimum Gasteiger partial charge on any atom is -0.326 e. The van der Waals surface area contributed by atoms with Crippen LogP contribution in [0.1, 0.15) is 31.4 Å². The Balaban J connectivity index is 1.97. The summed E-state index contributed by atoms with van der Waals surface area (Å²) in [7, 11) is 2.19. The number of nitrogens with zero attached hydrogens (tertiary/aromatic N) is 2. The molecule has 1 fully saturated rings. The van der Waals surface area contributed by atoms with Crippen molar-refractivity contribution in [2.75, 3.05) is 33.2 Å². The second kappa shape index (κ2) is 7.55. The number of halogens is 1. The molecular formula is C16H26BrN3. The molecule has 2 unspecified atom stereocenters. The summed E-state index contributed by atoms with van der Waals surface area (Å²) in [5.41, 5.74) is 7.52. The zero-order valence-electron chi connectivity index (χ0n) is 12.6. The van der Waals surface area contributed by atoms with E-state index in [0.717, 1.165) is 17.6 Å². The maximum atomic E-state index is 6.22. The number of hydrogen-bond donors (Lipinski definition) is 1. The van der Waals surface area contributed by atoms with Gasteiger partial charge < -0.3 is 10.6 Å². The summed E-state index contributed by atoms with van der Waals surface area (Å²) >= 11 is 3.49. The van der Waals surface area contributed by atoms with Gasteiger partial charge in [-0.3, -0.25) is 4.90 Å². The Morgan fingerprint density at radius 3 is 2.40 bits per heavy atom. The smallest absolute Gasteiger partial charge is 0.0494 e. The van der Waals surface area contributed by atoms with E-state index in [4.69, 9.17) is 5.73 Å². The SMILES string of the molecule is CC(N)C(c1ccc(Br)cc1)N(C)CCN1CCCC1. The van der Waals surface area contributed by atoms with Gasteiger partial charge in [-0.1, -0.05) is 28.1 Å². The summed E-state index contributed by atoms with van der Waals surface area (Å²) in [5.74, 6) is 0. The standard InChI is InChI=1S/C16H26BrN3/c1-13(18)16(14-5-7-15(17)8-6-14)19(2)11-12-20-9-3-4-10-20/h5-8,13,16H,3-4,9-12,18H2,1-2H3. The highest BCUT2D eigenvalue weighted by atomic mass is 79.9. The van der Waals surface area contributed by atoms with Gasteiger partial charge in [0.15, 0.2) is 0 Å². The van der Waals surface area contributed by atoms with E-state index in [1.54, 1.807) is 0 Å². The first-order chi connectivity index (χ1) is 9.58. The molecule has 1 aromatic carbocycles. The van der Waals surface area contributed by atoms with E-state index in [1.807, 2.05) is 0 Å². The molecule has 1 saturated heterocycles. The topological polar surface area (TPSA) is 32.5 Å². The molecule has 0 aliphatic carbocycles. The fourth-order valence-corrected chi connectivity index (χ4v) is 3.33. The minimum absolute atomic E-state index is 0.125. The summed E-state index contributed by atoms with van der Waals surface area (Å²) in [6.07, 6.45) is 2.71. The van der Waals surface area contributed by atoms with Gasteiger partial charge in [0.1, 0.15) is 0 Å². The summed E-state index contributed by atoms with van der Waals surface area (Å²) < 4.78 is 1.12. The van der Waals surface area contributed by atoms with Crippen LogP contribution in [0.2, 0.25) is 0 Å². The molecule has 1 aliphatic heterocycles. The predicted octanol–water partition coefficient (Wildman–Crippen LogP) is 2.87. The second-order valence-electron chi connectivity index (χ2n) is 5.88. The van der Waals surface area contributed by atoms with Gasteiger partial charge in [-0.05, 0) is 57.6 Å². The molecule has 0 radical (unpaired) electrons. The van der Waals surface area contributed by atoms with Crippen LogP contribution in [-0.2, 0) is 0 Å². The maximum absolute atomic E-state index is 6.22. The van der Waals surface area contributed by atoms with Crippen molar-refractivity contribution in [1.29, 1.82) is 0 Å². The average molecular weight is 340 g/mol. The molecule has 0 spiro atoms. The quantitative estimate of drug-likeness (QED) is 0.864. The number of rotatable bonds is 6. The van der Waals surface area contributed by atoms with Crippen LogP contribution < -0.4 is 5.73 Å². The first-order valence-corrected chi connectivity index (χ1v) is 8.31. The van der Waals surface area contributed by atoms with E-state index < -0.39 is 0 Å². The van der Waals surface area contributed by atoms with Crippen molar-refractivity contribution in [2.24, 2.45) is 5.73 Å². The Bertz CT molecular complexity index is 399. The lowest BCUT2D eigenvalue weighted by molar-refractivity contribution is 0.189. The van der Waals surface area contributed by atoms with Crippen molar-refractivity contribution in [3.05, 3.63) is 34.3 Å². The number of likely N-dealkylation sites (tertiary alicyclic amines) is 1. The van der Waals surface area contributed by atoms with E-state index in [1.165, 1.54) is 31.5 Å². The Morgan fingerprint density at radius 1 is 1.25 bits per heavy atom. The normalized spacial score (nSPS) is 19.4. The zero-order chi connectivity index (χ0) is 14.5. The third-order valence-corrected chi connectivity index (χ3v) is 4.68. The fourth-order valence-electron chi connectivity index (χ4n) is 3.06. The molecule has 0 saturated carbocycles. The first kappa shape index (κ1) is 16.0. The summed E-state index contributed by atoms with van der Waals surface area (Å²) in [6, 6.07) is 8.94. The van der Waals surface area contributed by atoms with Gasteiger partial charge in [0.05, 0.1) is 0 Å². The van der Waals surface area contributed by atoms with Crippen molar-refractivity contribution < 1.29 is 0 Å². The van der Waals surface area contributed by atoms with Crippen LogP contribution in [0.25, 0.3) is 0 Å². The Labute approximate surface area is 131 Å². The minimum atomic E-state index is 0.125. The largest absolute Gasteiger partial charge is 0.326 e. The predicted molar refractivity (Wildman–Crippen MR) is 88.8 cm³/mol. The van der Waals surface area contributed by atoms with Gasteiger partial charge in [0.25, 0.3) is 0 Å². The number of benzene rings is 1. The number of hydrogen-bond acceptors (Lipinski definition) is 3. The molecule has 20 heavy (non-hydrogen) atoms. The van der Waals surface area contributed by atoms with Crippen molar-refractivity contribution in [3.8, 4) is 0 Å². The summed E-state index contributed by atoms with van der Waals surface area (Å²) in [6.45, 7) is 6.83. The third kappa shape index (κ3) is 4.29. The molecule has 1 aliphatic rings. The van der Waals surface area contributed by atoms with Gasteiger partial charge in [0, 0.05) is 29.6 Å². The van der Waals surface area contributed by atoms with Crippen LogP contribution >= 0.6 is 15.9 Å². The number of likely N-dealkylation sites (N-methyl/N-ethyl adjacent to an activating group) is 1. The van der Waals surface area contributed by atoms with Crippen LogP contribution in [0.4, 0.5) is 0 Å². The van der Waals surface area contributed by atoms with Crippen molar-refractivity contribution >= 4 is 15.9 Å². The van der Waals surface area contributed by atoms with Gasteiger partial charge >= 0.3 is 0 Å². The molecule has 4 heteroatoms. The molecule has 1 aromatic rings. The molecular weight excluding hydrogens is 314 g/mol. The van der Waals surface area contributed by atoms with Gasteiger partial charge in [-0.15, -0.1) is 0 Å². The molecule has 0 bridgehead atoms. The van der Waals surface area contributed by atoms with E-state index in [2.05, 4.69) is 64.0 Å². The lowest BCUT2D eigenvalue weighted by atomic mass is 10.00. The molecule has 0 amide bonds. The molecule has 3 nitrogen and oxygen atoms in total. The molecule has 2 N–H and O–H groups in total. The molecule has 2 rings (SSSR count). The Morgan fingerprint density at radius 2 is 1.85 bits per heavy atom. The van der Waals surface area contributed by atoms with Crippen LogP contribution in [0, 0.1) is 0 Å². The summed E-state index contributed by atoms with van der Waals surface area (Å²) in [4.78, 5) is 4.95. The maximum Gasteiger partial charge on any atom is 0.0494 e. The third-order valence-electron chi connectivity index (χ3n) is 4.15. The highest BCUT2D eigenvalue weighted by Crippen LogP contribution is 2.24. The highest BCUT2D eigenvalue weighted by Gasteiger charge is 2.22. The van der Waals surface area contributed by atoms with Crippen molar-refractivity contribution in [2.45, 2.75) is 31.8 Å². The zero-order valence-corrected chi connectivity index (χ0v) is 14.1. The second-order valence-corrected chi connectivity index (χ2v) is 6.80. The van der Waals surface area contributed by atoms with E-state index in [0.29, 0.717) is 0 Å². The van der Waals surface area contributed by atoms with Crippen LogP contribution in [0.3, 0.4) is 0 Å². The lowest BCUT2D eigenvalue weighted by Crippen LogP contribution is -2.40. The molecule has 2 atom stereocenters. The van der Waals surface area contributed by atoms with E-state index in [9.17, 15) is 0 Å². The van der Waals surface area contributed by atoms with E-state index in [-0.39, 0.29) is 12.1 Å². The van der Waals surface area contributed by atoms with Crippen LogP contribution in [0.5, 0.6) is 0 Å². The monoisotopic (exact) mass is 339 g/mol. The van der Waals surface area contributed by atoms with Crippen molar-refractivity contribution in [1.82, 2.24) is 9.80 Å². The Hall–Kier alpha value is -0.420. The lowest BCUT2D eigenvalue weighted by Gasteiger charge is -2.32.